The van der Waals surface area contributed by atoms with Crippen LogP contribution in [0, 0.1) is 0 Å². The lowest BCUT2D eigenvalue weighted by Crippen LogP contribution is -2.53. The van der Waals surface area contributed by atoms with Gasteiger partial charge in [-0.1, -0.05) is 23.8 Å². The van der Waals surface area contributed by atoms with Crippen molar-refractivity contribution >= 4 is 5.97 Å². The second-order valence-corrected chi connectivity index (χ2v) is 4.46. The van der Waals surface area contributed by atoms with E-state index in [1.54, 1.807) is 0 Å². The molecule has 0 aromatic heterocycles. The molecule has 1 atom stereocenters. The molecule has 1 aliphatic heterocycles. The van der Waals surface area contributed by atoms with Crippen LogP contribution < -0.4 is 10.4 Å². The molecule has 0 radical (unpaired) electrons. The van der Waals surface area contributed by atoms with Gasteiger partial charge in [-0.05, 0) is 38.3 Å². The van der Waals surface area contributed by atoms with Gasteiger partial charge in [-0.25, -0.2) is 0 Å². The van der Waals surface area contributed by atoms with Crippen LogP contribution in [0.2, 0.25) is 0 Å². The Labute approximate surface area is 113 Å². The van der Waals surface area contributed by atoms with Crippen LogP contribution in [0.1, 0.15) is 26.2 Å². The van der Waals surface area contributed by atoms with Gasteiger partial charge in [0.2, 0.25) is 0 Å². The van der Waals surface area contributed by atoms with E-state index >= 15 is 0 Å². The SMILES string of the molecule is CCOC(=O)[C@H]1CCCCN1NOc1ccccc1. The number of carbonyl (C=O) groups excluding carboxylic acids is 1. The first-order chi connectivity index (χ1) is 9.31. The maximum absolute atomic E-state index is 11.9. The molecule has 0 bridgehead atoms. The molecule has 0 amide bonds. The molecule has 0 unspecified atom stereocenters. The first kappa shape index (κ1) is 13.8. The predicted octanol–water partition coefficient (Wildman–Crippen LogP) is 1.90. The smallest absolute Gasteiger partial charge is 0.324 e. The number of hydrogen-bond donors (Lipinski definition) is 1. The zero-order chi connectivity index (χ0) is 13.5. The van der Waals surface area contributed by atoms with Gasteiger partial charge in [0.25, 0.3) is 0 Å². The van der Waals surface area contributed by atoms with Gasteiger partial charge in [-0.3, -0.25) is 4.79 Å². The van der Waals surface area contributed by atoms with Crippen molar-refractivity contribution in [1.29, 1.82) is 0 Å². The molecule has 2 rings (SSSR count). The van der Waals surface area contributed by atoms with Gasteiger partial charge in [0.05, 0.1) is 6.61 Å². The van der Waals surface area contributed by atoms with Crippen molar-refractivity contribution in [1.82, 2.24) is 10.6 Å². The Kier molecular flexibility index (Phi) is 5.18. The fourth-order valence-electron chi connectivity index (χ4n) is 2.12. The zero-order valence-electron chi connectivity index (χ0n) is 11.2. The van der Waals surface area contributed by atoms with E-state index in [-0.39, 0.29) is 12.0 Å². The molecule has 5 nitrogen and oxygen atoms in total. The normalized spacial score (nSPS) is 19.9. The monoisotopic (exact) mass is 264 g/mol. The summed E-state index contributed by atoms with van der Waals surface area (Å²) in [6.45, 7) is 3.00. The number of hydrazine groups is 1. The van der Waals surface area contributed by atoms with Crippen molar-refractivity contribution in [3.8, 4) is 5.75 Å². The molecule has 0 saturated carbocycles. The Morgan fingerprint density at radius 2 is 2.16 bits per heavy atom. The Morgan fingerprint density at radius 3 is 2.89 bits per heavy atom. The average Bonchev–Trinajstić information content (AvgIpc) is 2.47. The van der Waals surface area contributed by atoms with Crippen molar-refractivity contribution in [3.63, 3.8) is 0 Å². The van der Waals surface area contributed by atoms with Crippen molar-refractivity contribution in [3.05, 3.63) is 30.3 Å². The molecule has 1 aromatic carbocycles. The second-order valence-electron chi connectivity index (χ2n) is 4.46. The van der Waals surface area contributed by atoms with E-state index in [0.717, 1.165) is 31.6 Å². The molecule has 1 aliphatic rings. The number of para-hydroxylation sites is 1. The van der Waals surface area contributed by atoms with Crippen molar-refractivity contribution in [2.24, 2.45) is 0 Å². The van der Waals surface area contributed by atoms with Crippen LogP contribution in [0.4, 0.5) is 0 Å². The number of nitrogens with one attached hydrogen (secondary N) is 1. The summed E-state index contributed by atoms with van der Waals surface area (Å²) in [4.78, 5) is 17.3. The van der Waals surface area contributed by atoms with E-state index in [0.29, 0.717) is 6.61 Å². The third kappa shape index (κ3) is 3.94. The lowest BCUT2D eigenvalue weighted by Gasteiger charge is -2.33. The van der Waals surface area contributed by atoms with Gasteiger partial charge in [0.1, 0.15) is 11.8 Å². The third-order valence-corrected chi connectivity index (χ3v) is 3.09. The average molecular weight is 264 g/mol. The van der Waals surface area contributed by atoms with Gasteiger partial charge in [0.15, 0.2) is 0 Å². The van der Waals surface area contributed by atoms with Crippen LogP contribution in [-0.2, 0) is 9.53 Å². The summed E-state index contributed by atoms with van der Waals surface area (Å²) in [7, 11) is 0. The summed E-state index contributed by atoms with van der Waals surface area (Å²) in [5.41, 5.74) is 2.86. The van der Waals surface area contributed by atoms with Gasteiger partial charge in [0, 0.05) is 6.54 Å². The summed E-state index contributed by atoms with van der Waals surface area (Å²) in [5, 5.41) is 1.81. The van der Waals surface area contributed by atoms with Crippen LogP contribution in [0.15, 0.2) is 30.3 Å². The van der Waals surface area contributed by atoms with Crippen LogP contribution in [-0.4, -0.2) is 30.2 Å². The largest absolute Gasteiger partial charge is 0.465 e. The number of esters is 1. The fraction of sp³-hybridized carbons (Fsp3) is 0.500. The summed E-state index contributed by atoms with van der Waals surface area (Å²) >= 11 is 0. The van der Waals surface area contributed by atoms with Crippen molar-refractivity contribution in [2.75, 3.05) is 13.2 Å². The Hall–Kier alpha value is -1.59. The lowest BCUT2D eigenvalue weighted by atomic mass is 10.0. The molecule has 1 fully saturated rings. The number of rotatable bonds is 5. The van der Waals surface area contributed by atoms with Crippen LogP contribution in [0.25, 0.3) is 0 Å². The highest BCUT2D eigenvalue weighted by atomic mass is 16.7. The first-order valence-electron chi connectivity index (χ1n) is 6.72. The topological polar surface area (TPSA) is 50.8 Å². The van der Waals surface area contributed by atoms with Crippen molar-refractivity contribution in [2.45, 2.75) is 32.2 Å². The lowest BCUT2D eigenvalue weighted by molar-refractivity contribution is -0.157. The fourth-order valence-corrected chi connectivity index (χ4v) is 2.12. The molecule has 0 aliphatic carbocycles. The Bertz CT molecular complexity index is 397. The molecule has 104 valence electrons. The maximum atomic E-state index is 11.9. The van der Waals surface area contributed by atoms with E-state index in [1.807, 2.05) is 42.3 Å². The molecule has 1 aromatic rings. The Balaban J connectivity index is 1.90. The van der Waals surface area contributed by atoms with Gasteiger partial charge >= 0.3 is 5.97 Å². The zero-order valence-corrected chi connectivity index (χ0v) is 11.2. The van der Waals surface area contributed by atoms with E-state index in [1.165, 1.54) is 0 Å². The minimum atomic E-state index is -0.266. The van der Waals surface area contributed by atoms with Gasteiger partial charge < -0.3 is 9.57 Å². The number of benzene rings is 1. The number of ether oxygens (including phenoxy) is 1. The molecule has 1 N–H and O–H groups in total. The summed E-state index contributed by atoms with van der Waals surface area (Å²) < 4.78 is 5.09. The highest BCUT2D eigenvalue weighted by Gasteiger charge is 2.30. The van der Waals surface area contributed by atoms with Crippen LogP contribution in [0.5, 0.6) is 5.75 Å². The van der Waals surface area contributed by atoms with Crippen molar-refractivity contribution < 1.29 is 14.4 Å². The standard InChI is InChI=1S/C14H20N2O3/c1-2-18-14(17)13-10-6-7-11-16(13)15-19-12-8-4-3-5-9-12/h3-5,8-9,13,15H,2,6-7,10-11H2,1H3/t13-/m1/s1. The molecular weight excluding hydrogens is 244 g/mol. The highest BCUT2D eigenvalue weighted by molar-refractivity contribution is 5.75. The summed E-state index contributed by atoms with van der Waals surface area (Å²) in [6.07, 6.45) is 2.87. The number of carbonyl (C=O) groups is 1. The summed E-state index contributed by atoms with van der Waals surface area (Å²) in [6, 6.07) is 9.17. The molecular formula is C14H20N2O3. The minimum absolute atomic E-state index is 0.189. The minimum Gasteiger partial charge on any atom is -0.465 e. The van der Waals surface area contributed by atoms with Crippen LogP contribution >= 0.6 is 0 Å². The van der Waals surface area contributed by atoms with E-state index in [9.17, 15) is 4.79 Å². The summed E-state index contributed by atoms with van der Waals surface area (Å²) in [5.74, 6) is 0.530. The molecule has 19 heavy (non-hydrogen) atoms. The first-order valence-corrected chi connectivity index (χ1v) is 6.72. The van der Waals surface area contributed by atoms with Crippen LogP contribution in [0.3, 0.4) is 0 Å². The van der Waals surface area contributed by atoms with E-state index in [2.05, 4.69) is 5.59 Å². The third-order valence-electron chi connectivity index (χ3n) is 3.09. The van der Waals surface area contributed by atoms with E-state index < -0.39 is 0 Å². The number of hydrogen-bond acceptors (Lipinski definition) is 5. The van der Waals surface area contributed by atoms with Gasteiger partial charge in [-0.2, -0.15) is 5.01 Å². The number of piperidine rings is 1. The van der Waals surface area contributed by atoms with E-state index in [4.69, 9.17) is 9.57 Å². The quantitative estimate of drug-likeness (QED) is 0.650. The second kappa shape index (κ2) is 7.11. The maximum Gasteiger partial charge on any atom is 0.324 e. The molecule has 0 spiro atoms. The Morgan fingerprint density at radius 1 is 1.37 bits per heavy atom. The molecule has 1 saturated heterocycles. The predicted molar refractivity (Wildman–Crippen MR) is 71.2 cm³/mol. The highest BCUT2D eigenvalue weighted by Crippen LogP contribution is 2.17. The molecule has 1 heterocycles. The molecule has 5 heteroatoms. The number of nitrogens with zero attached hydrogens (tertiary/aromatic N) is 1. The van der Waals surface area contributed by atoms with Gasteiger partial charge in [-0.15, -0.1) is 0 Å².